The van der Waals surface area contributed by atoms with E-state index in [4.69, 9.17) is 0 Å². The van der Waals surface area contributed by atoms with Crippen molar-refractivity contribution < 1.29 is 4.39 Å². The molecule has 0 N–H and O–H groups in total. The summed E-state index contributed by atoms with van der Waals surface area (Å²) in [6.45, 7) is 2.61. The predicted octanol–water partition coefficient (Wildman–Crippen LogP) is 3.62. The highest BCUT2D eigenvalue weighted by atomic mass is 79.9. The Kier molecular flexibility index (Phi) is 4.50. The molecule has 1 aromatic heterocycles. The Bertz CT molecular complexity index is 707. The standard InChI is InChI=1S/C18H20BrFN4/c19-14-2-1-13(17(20)9-14)10-23-8-6-16(11-23)24(15-3-4-15)18-5-7-21-12-22-18/h1-2,5,7,9,12,15-16H,3-4,6,8,10-11H2. The van der Waals surface area contributed by atoms with Crippen molar-refractivity contribution in [3.8, 4) is 0 Å². The second kappa shape index (κ2) is 6.76. The fourth-order valence-corrected chi connectivity index (χ4v) is 3.87. The molecule has 2 aromatic rings. The van der Waals surface area contributed by atoms with Crippen molar-refractivity contribution in [1.82, 2.24) is 14.9 Å². The maximum absolute atomic E-state index is 14.1. The normalized spacial score (nSPS) is 21.2. The lowest BCUT2D eigenvalue weighted by molar-refractivity contribution is 0.319. The Hall–Kier alpha value is -1.53. The molecule has 0 bridgehead atoms. The number of nitrogens with zero attached hydrogens (tertiary/aromatic N) is 4. The number of rotatable bonds is 5. The van der Waals surface area contributed by atoms with Gasteiger partial charge in [-0.1, -0.05) is 22.0 Å². The van der Waals surface area contributed by atoms with Gasteiger partial charge in [-0.15, -0.1) is 0 Å². The van der Waals surface area contributed by atoms with E-state index in [0.29, 0.717) is 18.6 Å². The fourth-order valence-electron chi connectivity index (χ4n) is 3.54. The van der Waals surface area contributed by atoms with Crippen molar-refractivity contribution in [2.75, 3.05) is 18.0 Å². The number of hydrogen-bond acceptors (Lipinski definition) is 4. The molecule has 0 amide bonds. The van der Waals surface area contributed by atoms with Gasteiger partial charge in [0.25, 0.3) is 0 Å². The Morgan fingerprint density at radius 2 is 2.08 bits per heavy atom. The van der Waals surface area contributed by atoms with E-state index in [-0.39, 0.29) is 5.82 Å². The lowest BCUT2D eigenvalue weighted by Gasteiger charge is -2.30. The lowest BCUT2D eigenvalue weighted by atomic mass is 10.2. The van der Waals surface area contributed by atoms with E-state index >= 15 is 0 Å². The average Bonchev–Trinajstić information content (AvgIpc) is 3.30. The van der Waals surface area contributed by atoms with Gasteiger partial charge >= 0.3 is 0 Å². The Labute approximate surface area is 149 Å². The largest absolute Gasteiger partial charge is 0.349 e. The summed E-state index contributed by atoms with van der Waals surface area (Å²) in [7, 11) is 0. The SMILES string of the molecule is Fc1cc(Br)ccc1CN1CCC(N(c2ccncn2)C2CC2)C1. The summed E-state index contributed by atoms with van der Waals surface area (Å²) >= 11 is 3.31. The van der Waals surface area contributed by atoms with Gasteiger partial charge in [0.15, 0.2) is 0 Å². The van der Waals surface area contributed by atoms with Crippen molar-refractivity contribution in [3.05, 3.63) is 52.6 Å². The summed E-state index contributed by atoms with van der Waals surface area (Å²) in [6, 6.07) is 8.37. The number of aromatic nitrogens is 2. The highest BCUT2D eigenvalue weighted by Crippen LogP contribution is 2.35. The molecule has 126 valence electrons. The van der Waals surface area contributed by atoms with Crippen molar-refractivity contribution in [1.29, 1.82) is 0 Å². The highest BCUT2D eigenvalue weighted by Gasteiger charge is 2.38. The van der Waals surface area contributed by atoms with Crippen LogP contribution in [0.2, 0.25) is 0 Å². The molecular weight excluding hydrogens is 371 g/mol. The first-order chi connectivity index (χ1) is 11.7. The van der Waals surface area contributed by atoms with Crippen molar-refractivity contribution in [2.24, 2.45) is 0 Å². The van der Waals surface area contributed by atoms with Crippen LogP contribution in [0.1, 0.15) is 24.8 Å². The van der Waals surface area contributed by atoms with Crippen molar-refractivity contribution in [3.63, 3.8) is 0 Å². The smallest absolute Gasteiger partial charge is 0.132 e. The van der Waals surface area contributed by atoms with Crippen LogP contribution in [0.3, 0.4) is 0 Å². The fraction of sp³-hybridized carbons (Fsp3) is 0.444. The molecule has 0 spiro atoms. The van der Waals surface area contributed by atoms with E-state index in [9.17, 15) is 4.39 Å². The van der Waals surface area contributed by atoms with Crippen LogP contribution in [0.15, 0.2) is 41.3 Å². The van der Waals surface area contributed by atoms with Crippen LogP contribution in [0, 0.1) is 5.82 Å². The van der Waals surface area contributed by atoms with Gasteiger partial charge in [-0.3, -0.25) is 4.90 Å². The van der Waals surface area contributed by atoms with Crippen LogP contribution in [-0.2, 0) is 6.54 Å². The summed E-state index contributed by atoms with van der Waals surface area (Å²) in [5, 5.41) is 0. The highest BCUT2D eigenvalue weighted by molar-refractivity contribution is 9.10. The third kappa shape index (κ3) is 3.44. The second-order valence-electron chi connectivity index (χ2n) is 6.62. The zero-order valence-electron chi connectivity index (χ0n) is 13.4. The number of halogens is 2. The van der Waals surface area contributed by atoms with Crippen LogP contribution in [0.5, 0.6) is 0 Å². The first-order valence-electron chi connectivity index (χ1n) is 8.41. The van der Waals surface area contributed by atoms with Gasteiger partial charge in [-0.2, -0.15) is 0 Å². The number of hydrogen-bond donors (Lipinski definition) is 0. The summed E-state index contributed by atoms with van der Waals surface area (Å²) in [4.78, 5) is 13.3. The monoisotopic (exact) mass is 390 g/mol. The van der Waals surface area contributed by atoms with E-state index < -0.39 is 0 Å². The van der Waals surface area contributed by atoms with E-state index in [1.165, 1.54) is 12.8 Å². The van der Waals surface area contributed by atoms with Crippen LogP contribution in [0.25, 0.3) is 0 Å². The van der Waals surface area contributed by atoms with Crippen LogP contribution in [-0.4, -0.2) is 40.0 Å². The van der Waals surface area contributed by atoms with Crippen LogP contribution < -0.4 is 4.90 Å². The van der Waals surface area contributed by atoms with E-state index in [1.807, 2.05) is 24.4 Å². The van der Waals surface area contributed by atoms with Gasteiger partial charge in [0.2, 0.25) is 0 Å². The molecule has 1 atom stereocenters. The summed E-state index contributed by atoms with van der Waals surface area (Å²) in [6.07, 6.45) is 7.00. The number of likely N-dealkylation sites (tertiary alicyclic amines) is 1. The predicted molar refractivity (Wildman–Crippen MR) is 95.3 cm³/mol. The summed E-state index contributed by atoms with van der Waals surface area (Å²) in [5.74, 6) is 0.886. The van der Waals surface area contributed by atoms with Gasteiger partial charge < -0.3 is 4.90 Å². The van der Waals surface area contributed by atoms with Gasteiger partial charge in [0.1, 0.15) is 18.0 Å². The van der Waals surface area contributed by atoms with Crippen LogP contribution >= 0.6 is 15.9 Å². The number of anilines is 1. The molecule has 0 radical (unpaired) electrons. The minimum absolute atomic E-state index is 0.136. The third-order valence-electron chi connectivity index (χ3n) is 4.82. The Morgan fingerprint density at radius 3 is 2.79 bits per heavy atom. The zero-order valence-corrected chi connectivity index (χ0v) is 15.0. The summed E-state index contributed by atoms with van der Waals surface area (Å²) in [5.41, 5.74) is 0.763. The molecule has 24 heavy (non-hydrogen) atoms. The van der Waals surface area contributed by atoms with Gasteiger partial charge in [0, 0.05) is 48.0 Å². The minimum Gasteiger partial charge on any atom is -0.349 e. The quantitative estimate of drug-likeness (QED) is 0.780. The third-order valence-corrected chi connectivity index (χ3v) is 5.31. The lowest BCUT2D eigenvalue weighted by Crippen LogP contribution is -2.39. The molecule has 4 nitrogen and oxygen atoms in total. The van der Waals surface area contributed by atoms with E-state index in [1.54, 1.807) is 12.4 Å². The second-order valence-corrected chi connectivity index (χ2v) is 7.54. The topological polar surface area (TPSA) is 32.3 Å². The van der Waals surface area contributed by atoms with E-state index in [2.05, 4.69) is 35.7 Å². The minimum atomic E-state index is -0.136. The molecule has 1 aromatic carbocycles. The maximum atomic E-state index is 14.1. The van der Waals surface area contributed by atoms with Gasteiger partial charge in [-0.05, 0) is 37.5 Å². The molecule has 2 fully saturated rings. The molecule has 2 heterocycles. The molecule has 1 saturated heterocycles. The molecule has 1 aliphatic heterocycles. The van der Waals surface area contributed by atoms with Crippen LogP contribution in [0.4, 0.5) is 10.2 Å². The summed E-state index contributed by atoms with van der Waals surface area (Å²) < 4.78 is 14.9. The molecule has 1 aliphatic carbocycles. The van der Waals surface area contributed by atoms with Gasteiger partial charge in [-0.25, -0.2) is 14.4 Å². The Balaban J connectivity index is 1.45. The molecule has 6 heteroatoms. The van der Waals surface area contributed by atoms with Gasteiger partial charge in [0.05, 0.1) is 0 Å². The molecule has 1 unspecified atom stereocenters. The van der Waals surface area contributed by atoms with E-state index in [0.717, 1.165) is 35.4 Å². The molecule has 1 saturated carbocycles. The molecule has 4 rings (SSSR count). The van der Waals surface area contributed by atoms with Crippen molar-refractivity contribution >= 4 is 21.7 Å². The number of benzene rings is 1. The molecule has 2 aliphatic rings. The average molecular weight is 391 g/mol. The zero-order chi connectivity index (χ0) is 16.5. The molecular formula is C18H20BrFN4. The first kappa shape index (κ1) is 16.0. The van der Waals surface area contributed by atoms with Crippen molar-refractivity contribution in [2.45, 2.75) is 37.9 Å². The first-order valence-corrected chi connectivity index (χ1v) is 9.20. The Morgan fingerprint density at radius 1 is 1.21 bits per heavy atom. The maximum Gasteiger partial charge on any atom is 0.132 e.